The number of thiazole rings is 1. The number of aromatic nitrogens is 3. The van der Waals surface area contributed by atoms with Gasteiger partial charge in [-0.2, -0.15) is 5.10 Å². The molecule has 0 atom stereocenters. The molecule has 2 N–H and O–H groups in total. The van der Waals surface area contributed by atoms with Crippen molar-refractivity contribution in [2.24, 2.45) is 0 Å². The SMILES string of the molecule is Cl.Cl.O=C(NCc1nc(C2CC2)cs1)C1(n2cccn2)CCNCC1. The Labute approximate surface area is 163 Å². The van der Waals surface area contributed by atoms with Crippen LogP contribution in [0.2, 0.25) is 0 Å². The van der Waals surface area contributed by atoms with Gasteiger partial charge < -0.3 is 10.6 Å². The fourth-order valence-corrected chi connectivity index (χ4v) is 4.03. The van der Waals surface area contributed by atoms with Crippen LogP contribution in [0.4, 0.5) is 0 Å². The number of piperidine rings is 1. The third kappa shape index (κ3) is 4.16. The summed E-state index contributed by atoms with van der Waals surface area (Å²) in [6.07, 6.45) is 7.65. The second-order valence-corrected chi connectivity index (χ2v) is 7.30. The van der Waals surface area contributed by atoms with Gasteiger partial charge in [0.2, 0.25) is 5.91 Å². The number of halogens is 2. The summed E-state index contributed by atoms with van der Waals surface area (Å²) in [7, 11) is 0. The molecule has 1 saturated heterocycles. The average Bonchev–Trinajstić information content (AvgIpc) is 3.11. The highest BCUT2D eigenvalue weighted by Crippen LogP contribution is 2.40. The summed E-state index contributed by atoms with van der Waals surface area (Å²) >= 11 is 1.64. The normalized spacial score (nSPS) is 18.7. The van der Waals surface area contributed by atoms with Crippen molar-refractivity contribution in [3.63, 3.8) is 0 Å². The number of nitrogens with one attached hydrogen (secondary N) is 2. The number of nitrogens with zero attached hydrogens (tertiary/aromatic N) is 3. The molecule has 1 aliphatic heterocycles. The van der Waals surface area contributed by atoms with Crippen LogP contribution in [-0.4, -0.2) is 33.8 Å². The first kappa shape index (κ1) is 20.2. The van der Waals surface area contributed by atoms with Gasteiger partial charge in [0, 0.05) is 23.7 Å². The van der Waals surface area contributed by atoms with E-state index in [4.69, 9.17) is 0 Å². The van der Waals surface area contributed by atoms with Gasteiger partial charge in [-0.15, -0.1) is 36.2 Å². The average molecular weight is 404 g/mol. The van der Waals surface area contributed by atoms with Crippen LogP contribution in [0, 0.1) is 0 Å². The van der Waals surface area contributed by atoms with Gasteiger partial charge in [0.1, 0.15) is 10.5 Å². The summed E-state index contributed by atoms with van der Waals surface area (Å²) in [6.45, 7) is 2.17. The minimum atomic E-state index is -0.578. The molecule has 138 valence electrons. The molecule has 25 heavy (non-hydrogen) atoms. The fourth-order valence-electron chi connectivity index (χ4n) is 3.22. The van der Waals surface area contributed by atoms with E-state index in [1.54, 1.807) is 17.5 Å². The second-order valence-electron chi connectivity index (χ2n) is 6.36. The van der Waals surface area contributed by atoms with E-state index in [-0.39, 0.29) is 30.7 Å². The van der Waals surface area contributed by atoms with Crippen molar-refractivity contribution >= 4 is 42.1 Å². The van der Waals surface area contributed by atoms with E-state index in [2.05, 4.69) is 26.1 Å². The fraction of sp³-hybridized carbons (Fsp3) is 0.562. The zero-order chi connectivity index (χ0) is 15.7. The molecule has 2 aromatic rings. The van der Waals surface area contributed by atoms with E-state index in [1.807, 2.05) is 16.9 Å². The lowest BCUT2D eigenvalue weighted by Crippen LogP contribution is -2.54. The lowest BCUT2D eigenvalue weighted by Gasteiger charge is -2.36. The zero-order valence-corrected chi connectivity index (χ0v) is 16.3. The van der Waals surface area contributed by atoms with Gasteiger partial charge in [-0.05, 0) is 44.8 Å². The summed E-state index contributed by atoms with van der Waals surface area (Å²) < 4.78 is 1.82. The van der Waals surface area contributed by atoms with Gasteiger partial charge in [-0.25, -0.2) is 4.98 Å². The lowest BCUT2D eigenvalue weighted by atomic mass is 9.87. The maximum absolute atomic E-state index is 12.9. The molecule has 4 rings (SSSR count). The monoisotopic (exact) mass is 403 g/mol. The Kier molecular flexibility index (Phi) is 6.85. The molecule has 6 nitrogen and oxygen atoms in total. The molecule has 0 aromatic carbocycles. The molecule has 9 heteroatoms. The minimum absolute atomic E-state index is 0. The van der Waals surface area contributed by atoms with Gasteiger partial charge in [0.25, 0.3) is 0 Å². The molecular formula is C16H23Cl2N5OS. The topological polar surface area (TPSA) is 71.8 Å². The highest BCUT2D eigenvalue weighted by atomic mass is 35.5. The lowest BCUT2D eigenvalue weighted by molar-refractivity contribution is -0.132. The minimum Gasteiger partial charge on any atom is -0.347 e. The summed E-state index contributed by atoms with van der Waals surface area (Å²) in [5.41, 5.74) is 0.619. The Morgan fingerprint density at radius 1 is 1.36 bits per heavy atom. The first-order valence-electron chi connectivity index (χ1n) is 8.21. The van der Waals surface area contributed by atoms with Crippen LogP contribution in [0.3, 0.4) is 0 Å². The van der Waals surface area contributed by atoms with Gasteiger partial charge in [-0.1, -0.05) is 0 Å². The molecule has 1 aliphatic carbocycles. The van der Waals surface area contributed by atoms with Crippen LogP contribution in [-0.2, 0) is 16.9 Å². The molecule has 1 amide bonds. The van der Waals surface area contributed by atoms with Crippen LogP contribution >= 0.6 is 36.2 Å². The number of amides is 1. The van der Waals surface area contributed by atoms with Crippen molar-refractivity contribution in [1.29, 1.82) is 0 Å². The number of hydrogen-bond donors (Lipinski definition) is 2. The number of carbonyl (C=O) groups is 1. The van der Waals surface area contributed by atoms with Crippen molar-refractivity contribution in [3.05, 3.63) is 34.5 Å². The van der Waals surface area contributed by atoms with E-state index < -0.39 is 5.54 Å². The van der Waals surface area contributed by atoms with E-state index in [9.17, 15) is 4.79 Å². The van der Waals surface area contributed by atoms with Gasteiger partial charge in [0.15, 0.2) is 0 Å². The second kappa shape index (κ2) is 8.49. The maximum Gasteiger partial charge on any atom is 0.248 e. The summed E-state index contributed by atoms with van der Waals surface area (Å²) in [5, 5.41) is 13.9. The van der Waals surface area contributed by atoms with Crippen LogP contribution in [0.15, 0.2) is 23.8 Å². The van der Waals surface area contributed by atoms with Crippen molar-refractivity contribution in [2.75, 3.05) is 13.1 Å². The Balaban J connectivity index is 0.00000113. The Morgan fingerprint density at radius 2 is 2.12 bits per heavy atom. The molecule has 0 spiro atoms. The maximum atomic E-state index is 12.9. The van der Waals surface area contributed by atoms with Crippen molar-refractivity contribution in [2.45, 2.75) is 43.7 Å². The highest BCUT2D eigenvalue weighted by Gasteiger charge is 2.41. The molecule has 0 bridgehead atoms. The zero-order valence-electron chi connectivity index (χ0n) is 13.8. The van der Waals surface area contributed by atoms with E-state index in [0.717, 1.165) is 30.9 Å². The number of hydrogen-bond acceptors (Lipinski definition) is 5. The molecule has 0 radical (unpaired) electrons. The number of carbonyl (C=O) groups excluding carboxylic acids is 1. The largest absolute Gasteiger partial charge is 0.347 e. The van der Waals surface area contributed by atoms with E-state index in [1.165, 1.54) is 18.5 Å². The predicted octanol–water partition coefficient (Wildman–Crippen LogP) is 2.46. The summed E-state index contributed by atoms with van der Waals surface area (Å²) in [6, 6.07) is 1.87. The first-order valence-corrected chi connectivity index (χ1v) is 9.09. The molecular weight excluding hydrogens is 381 g/mol. The van der Waals surface area contributed by atoms with E-state index >= 15 is 0 Å². The van der Waals surface area contributed by atoms with Crippen molar-refractivity contribution in [3.8, 4) is 0 Å². The molecule has 2 aromatic heterocycles. The standard InChI is InChI=1S/C16H21N5OS.2ClH/c22-15(18-10-14-20-13(11-23-14)12-2-3-12)16(4-7-17-8-5-16)21-9-1-6-19-21;;/h1,6,9,11-12,17H,2-5,7-8,10H2,(H,18,22);2*1H. The van der Waals surface area contributed by atoms with Crippen LogP contribution in [0.25, 0.3) is 0 Å². The Bertz CT molecular complexity index is 681. The quantitative estimate of drug-likeness (QED) is 0.803. The van der Waals surface area contributed by atoms with Crippen LogP contribution in [0.5, 0.6) is 0 Å². The molecule has 2 fully saturated rings. The Morgan fingerprint density at radius 3 is 2.76 bits per heavy atom. The van der Waals surface area contributed by atoms with Gasteiger partial charge >= 0.3 is 0 Å². The molecule has 0 unspecified atom stereocenters. The highest BCUT2D eigenvalue weighted by molar-refractivity contribution is 7.09. The number of rotatable bonds is 5. The van der Waals surface area contributed by atoms with Gasteiger partial charge in [-0.3, -0.25) is 9.48 Å². The summed E-state index contributed by atoms with van der Waals surface area (Å²) in [5.74, 6) is 0.710. The smallest absolute Gasteiger partial charge is 0.248 e. The third-order valence-corrected chi connectivity index (χ3v) is 5.63. The van der Waals surface area contributed by atoms with Crippen LogP contribution < -0.4 is 10.6 Å². The van der Waals surface area contributed by atoms with E-state index in [0.29, 0.717) is 12.5 Å². The third-order valence-electron chi connectivity index (χ3n) is 4.76. The summed E-state index contributed by atoms with van der Waals surface area (Å²) in [4.78, 5) is 17.6. The predicted molar refractivity (Wildman–Crippen MR) is 103 cm³/mol. The molecule has 1 saturated carbocycles. The first-order chi connectivity index (χ1) is 11.3. The Hall–Kier alpha value is -1.15. The molecule has 2 aliphatic rings. The van der Waals surface area contributed by atoms with Gasteiger partial charge in [0.05, 0.1) is 12.2 Å². The van der Waals surface area contributed by atoms with Crippen LogP contribution in [0.1, 0.15) is 42.3 Å². The van der Waals surface area contributed by atoms with Crippen molar-refractivity contribution in [1.82, 2.24) is 25.4 Å². The molecule has 3 heterocycles. The van der Waals surface area contributed by atoms with Crippen molar-refractivity contribution < 1.29 is 4.79 Å².